The van der Waals surface area contributed by atoms with Gasteiger partial charge in [-0.3, -0.25) is 0 Å². The van der Waals surface area contributed by atoms with Gasteiger partial charge in [0.1, 0.15) is 0 Å². The van der Waals surface area contributed by atoms with Crippen LogP contribution < -0.4 is 0 Å². The van der Waals surface area contributed by atoms with Crippen LogP contribution >= 0.6 is 0 Å². The molecule has 0 aromatic carbocycles. The van der Waals surface area contributed by atoms with Crippen LogP contribution in [0.3, 0.4) is 0 Å². The molecule has 0 spiro atoms. The zero-order valence-electron chi connectivity index (χ0n) is 5.69. The van der Waals surface area contributed by atoms with Crippen molar-refractivity contribution in [3.8, 4) is 0 Å². The van der Waals surface area contributed by atoms with Gasteiger partial charge in [-0.2, -0.15) is 0 Å². The molecule has 12 heteroatoms. The Hall–Kier alpha value is -1.75. The topological polar surface area (TPSA) is 97.6 Å². The molecule has 0 unspecified atom stereocenters. The summed E-state index contributed by atoms with van der Waals surface area (Å²) >= 11 is 0. The first-order valence-electron chi connectivity index (χ1n) is 2.56. The molecule has 0 aliphatic carbocycles. The van der Waals surface area contributed by atoms with Gasteiger partial charge >= 0.3 is 13.2 Å². The fourth-order valence-electron chi connectivity index (χ4n) is 0.232. The minimum absolute atomic E-state index is 0.440. The van der Waals surface area contributed by atoms with Gasteiger partial charge in [-0.25, -0.2) is 0 Å². The van der Waals surface area contributed by atoms with Gasteiger partial charge in [0.05, 0.1) is 10.3 Å². The number of hydrogen-bond donors (Lipinski definition) is 1. The van der Waals surface area contributed by atoms with Gasteiger partial charge in [0.15, 0.2) is 0 Å². The van der Waals surface area contributed by atoms with Crippen molar-refractivity contribution in [2.45, 2.75) is 0 Å². The van der Waals surface area contributed by atoms with E-state index >= 15 is 0 Å². The Kier molecular flexibility index (Phi) is 3.74. The first-order valence-corrected chi connectivity index (χ1v) is 2.56. The van der Waals surface area contributed by atoms with Crippen LogP contribution in [0.25, 0.3) is 0 Å². The number of tetrazole rings is 1. The highest BCUT2D eigenvalue weighted by atomic mass is 19.5. The van der Waals surface area contributed by atoms with Gasteiger partial charge < -0.3 is 27.4 Å². The largest absolute Gasteiger partial charge is 0.673 e. The van der Waals surface area contributed by atoms with E-state index in [2.05, 4.69) is 15.5 Å². The second kappa shape index (κ2) is 4.32. The number of H-pyrrole nitrogens is 1. The predicted octanol–water partition coefficient (Wildman–Crippen LogP) is 0.408. The number of halogens is 4. The molecule has 0 saturated carbocycles. The van der Waals surface area contributed by atoms with Crippen molar-refractivity contribution in [3.63, 3.8) is 0 Å². The summed E-state index contributed by atoms with van der Waals surface area (Å²) in [6.45, 7) is 0. The SMILES string of the molecule is F[B-](F)(F)F.O=[N+]([O-])c1nnn[nH]1. The third-order valence-electron chi connectivity index (χ3n) is 0.507. The summed E-state index contributed by atoms with van der Waals surface area (Å²) in [7, 11) is -6.00. The van der Waals surface area contributed by atoms with E-state index < -0.39 is 18.1 Å². The van der Waals surface area contributed by atoms with Crippen LogP contribution in [-0.2, 0) is 0 Å². The molecule has 1 aromatic heterocycles. The summed E-state index contributed by atoms with van der Waals surface area (Å²) in [6, 6.07) is 0. The molecule has 1 heterocycles. The van der Waals surface area contributed by atoms with Crippen molar-refractivity contribution in [2.75, 3.05) is 0 Å². The monoisotopic (exact) mass is 202 g/mol. The van der Waals surface area contributed by atoms with Gasteiger partial charge in [0.25, 0.3) is 0 Å². The maximum atomic E-state index is 9.75. The van der Waals surface area contributed by atoms with E-state index in [0.29, 0.717) is 0 Å². The predicted molar refractivity (Wildman–Crippen MR) is 31.0 cm³/mol. The lowest BCUT2D eigenvalue weighted by molar-refractivity contribution is -0.394. The van der Waals surface area contributed by atoms with Crippen LogP contribution in [0.5, 0.6) is 0 Å². The highest BCUT2D eigenvalue weighted by Crippen LogP contribution is 2.06. The fourth-order valence-corrected chi connectivity index (χ4v) is 0.232. The molecule has 1 N–H and O–H groups in total. The molecule has 1 aromatic rings. The normalized spacial score (nSPS) is 10.2. The number of nitrogens with zero attached hydrogens (tertiary/aromatic N) is 4. The van der Waals surface area contributed by atoms with Crippen LogP contribution in [0.4, 0.5) is 23.2 Å². The smallest absolute Gasteiger partial charge is 0.418 e. The van der Waals surface area contributed by atoms with E-state index in [9.17, 15) is 27.4 Å². The van der Waals surface area contributed by atoms with Crippen LogP contribution in [0, 0.1) is 10.1 Å². The average Bonchev–Trinajstić information content (AvgIpc) is 2.31. The fraction of sp³-hybridized carbons (Fsp3) is 0. The third kappa shape index (κ3) is 8.16. The van der Waals surface area contributed by atoms with E-state index in [1.807, 2.05) is 5.10 Å². The second-order valence-electron chi connectivity index (χ2n) is 1.48. The van der Waals surface area contributed by atoms with Crippen molar-refractivity contribution in [3.05, 3.63) is 10.1 Å². The molecule has 0 radical (unpaired) electrons. The zero-order chi connectivity index (χ0) is 10.5. The van der Waals surface area contributed by atoms with Crippen molar-refractivity contribution >= 4 is 13.2 Å². The Morgan fingerprint density at radius 3 is 2.00 bits per heavy atom. The zero-order valence-corrected chi connectivity index (χ0v) is 5.69. The first-order chi connectivity index (χ1) is 5.80. The quantitative estimate of drug-likeness (QED) is 0.307. The Labute approximate surface area is 67.4 Å². The number of nitro groups is 1. The molecule has 0 fully saturated rings. The van der Waals surface area contributed by atoms with Crippen LogP contribution in [-0.4, -0.2) is 32.8 Å². The molecule has 7 nitrogen and oxygen atoms in total. The maximum absolute atomic E-state index is 9.75. The minimum Gasteiger partial charge on any atom is -0.418 e. The second-order valence-corrected chi connectivity index (χ2v) is 1.48. The number of nitrogens with one attached hydrogen (secondary N) is 1. The first kappa shape index (κ1) is 11.3. The summed E-state index contributed by atoms with van der Waals surface area (Å²) in [5, 5.41) is 20.6. The van der Waals surface area contributed by atoms with Crippen molar-refractivity contribution in [1.82, 2.24) is 20.6 Å². The standard InChI is InChI=1S/CHN5O2.BF4/c7-6(8)1-2-4-5-3-1;2-1(3,4)5/h(H,2,3,4,5);/q;-1. The number of aromatic amines is 1. The van der Waals surface area contributed by atoms with Gasteiger partial charge in [0.2, 0.25) is 0 Å². The maximum Gasteiger partial charge on any atom is 0.673 e. The third-order valence-corrected chi connectivity index (χ3v) is 0.507. The van der Waals surface area contributed by atoms with E-state index in [1.54, 1.807) is 0 Å². The van der Waals surface area contributed by atoms with Crippen molar-refractivity contribution < 1.29 is 22.2 Å². The summed E-state index contributed by atoms with van der Waals surface area (Å²) in [5.41, 5.74) is 0. The van der Waals surface area contributed by atoms with Crippen molar-refractivity contribution in [2.24, 2.45) is 0 Å². The summed E-state index contributed by atoms with van der Waals surface area (Å²) in [6.07, 6.45) is 0. The molecule has 74 valence electrons. The van der Waals surface area contributed by atoms with Gasteiger partial charge in [-0.15, -0.1) is 5.10 Å². The highest BCUT2D eigenvalue weighted by molar-refractivity contribution is 6.50. The molecular formula is CHBF4N5O2-. The van der Waals surface area contributed by atoms with Gasteiger partial charge in [-0.05, 0) is 4.92 Å². The number of aromatic nitrogens is 4. The number of hydrogen-bond acceptors (Lipinski definition) is 5. The molecule has 0 atom stereocenters. The summed E-state index contributed by atoms with van der Waals surface area (Å²) in [5.74, 6) is -0.440. The van der Waals surface area contributed by atoms with Crippen LogP contribution in [0.2, 0.25) is 0 Å². The van der Waals surface area contributed by atoms with Crippen molar-refractivity contribution in [1.29, 1.82) is 0 Å². The molecule has 13 heavy (non-hydrogen) atoms. The number of rotatable bonds is 1. The molecule has 0 amide bonds. The average molecular weight is 202 g/mol. The summed E-state index contributed by atoms with van der Waals surface area (Å²) in [4.78, 5) is 8.99. The van der Waals surface area contributed by atoms with E-state index in [4.69, 9.17) is 0 Å². The molecule has 0 aliphatic heterocycles. The molecule has 0 saturated heterocycles. The lowest BCUT2D eigenvalue weighted by atomic mass is 10.3. The Morgan fingerprint density at radius 2 is 1.85 bits per heavy atom. The summed E-state index contributed by atoms with van der Waals surface area (Å²) < 4.78 is 39.0. The molecule has 0 aliphatic rings. The molecule has 1 rings (SSSR count). The lowest BCUT2D eigenvalue weighted by Crippen LogP contribution is -2.02. The molecular weight excluding hydrogens is 201 g/mol. The Balaban J connectivity index is 0.000000252. The molecule has 0 bridgehead atoms. The Morgan fingerprint density at radius 1 is 1.38 bits per heavy atom. The minimum atomic E-state index is -6.00. The van der Waals surface area contributed by atoms with Crippen LogP contribution in [0.15, 0.2) is 0 Å². The van der Waals surface area contributed by atoms with Gasteiger partial charge in [0, 0.05) is 5.21 Å². The van der Waals surface area contributed by atoms with Gasteiger partial charge in [-0.1, -0.05) is 0 Å². The highest BCUT2D eigenvalue weighted by Gasteiger charge is 2.20. The van der Waals surface area contributed by atoms with Crippen LogP contribution in [0.1, 0.15) is 0 Å². The lowest BCUT2D eigenvalue weighted by Gasteiger charge is -1.94. The van der Waals surface area contributed by atoms with E-state index in [-0.39, 0.29) is 0 Å². The van der Waals surface area contributed by atoms with E-state index in [0.717, 1.165) is 0 Å². The van der Waals surface area contributed by atoms with E-state index in [1.165, 1.54) is 0 Å². The Bertz CT molecular complexity index is 252.